The number of carbonyl (C=O) groups is 3. The molecule has 0 aromatic rings. The maximum atomic E-state index is 11.8. The first kappa shape index (κ1) is 14.2. The topological polar surface area (TPSA) is 78.5 Å². The second kappa shape index (κ2) is 5.66. The Morgan fingerprint density at radius 2 is 2.17 bits per heavy atom. The molecule has 0 bridgehead atoms. The molecule has 2 N–H and O–H groups in total. The number of hydrogen-bond acceptors (Lipinski definition) is 3. The third-order valence-corrected chi connectivity index (χ3v) is 2.67. The van der Waals surface area contributed by atoms with Crippen LogP contribution in [0.15, 0.2) is 12.7 Å². The van der Waals surface area contributed by atoms with Crippen LogP contribution in [0.25, 0.3) is 0 Å². The SMILES string of the molecule is C=CCNC(=O)CCCN1C(=O)NC(C)(C)C1=O. The van der Waals surface area contributed by atoms with Crippen LogP contribution < -0.4 is 10.6 Å². The molecule has 0 saturated carbocycles. The summed E-state index contributed by atoms with van der Waals surface area (Å²) in [6.45, 7) is 7.49. The fourth-order valence-electron chi connectivity index (χ4n) is 1.69. The highest BCUT2D eigenvalue weighted by Crippen LogP contribution is 2.16. The van der Waals surface area contributed by atoms with Gasteiger partial charge in [0.15, 0.2) is 0 Å². The van der Waals surface area contributed by atoms with E-state index in [4.69, 9.17) is 0 Å². The third kappa shape index (κ3) is 3.32. The molecule has 1 rings (SSSR count). The number of amides is 4. The molecular formula is C12H19N3O3. The van der Waals surface area contributed by atoms with Gasteiger partial charge in [-0.3, -0.25) is 14.5 Å². The summed E-state index contributed by atoms with van der Waals surface area (Å²) in [7, 11) is 0. The highest BCUT2D eigenvalue weighted by molar-refractivity contribution is 6.06. The molecule has 0 spiro atoms. The van der Waals surface area contributed by atoms with Crippen molar-refractivity contribution in [1.82, 2.24) is 15.5 Å². The van der Waals surface area contributed by atoms with Gasteiger partial charge in [-0.05, 0) is 20.3 Å². The summed E-state index contributed by atoms with van der Waals surface area (Å²) in [6.07, 6.45) is 2.33. The number of nitrogens with one attached hydrogen (secondary N) is 2. The first-order valence-corrected chi connectivity index (χ1v) is 5.90. The zero-order chi connectivity index (χ0) is 13.8. The predicted molar refractivity (Wildman–Crippen MR) is 66.8 cm³/mol. The number of nitrogens with zero attached hydrogens (tertiary/aromatic N) is 1. The van der Waals surface area contributed by atoms with Gasteiger partial charge in [0.25, 0.3) is 5.91 Å². The molecule has 0 radical (unpaired) electrons. The van der Waals surface area contributed by atoms with Crippen LogP contribution in [0.5, 0.6) is 0 Å². The van der Waals surface area contributed by atoms with E-state index in [9.17, 15) is 14.4 Å². The minimum atomic E-state index is -0.845. The van der Waals surface area contributed by atoms with E-state index < -0.39 is 11.6 Å². The number of carbonyl (C=O) groups excluding carboxylic acids is 3. The number of rotatable bonds is 6. The molecule has 1 aliphatic rings. The van der Waals surface area contributed by atoms with Crippen molar-refractivity contribution in [3.63, 3.8) is 0 Å². The first-order valence-electron chi connectivity index (χ1n) is 5.90. The van der Waals surface area contributed by atoms with Crippen molar-refractivity contribution < 1.29 is 14.4 Å². The Morgan fingerprint density at radius 3 is 2.67 bits per heavy atom. The van der Waals surface area contributed by atoms with Gasteiger partial charge in [0.1, 0.15) is 5.54 Å². The summed E-state index contributed by atoms with van der Waals surface area (Å²) in [4.78, 5) is 35.8. The standard InChI is InChI=1S/C12H19N3O3/c1-4-7-13-9(16)6-5-8-15-10(17)12(2,3)14-11(15)18/h4H,1,5-8H2,2-3H3,(H,13,16)(H,14,18). The van der Waals surface area contributed by atoms with Gasteiger partial charge in [-0.2, -0.15) is 0 Å². The minimum Gasteiger partial charge on any atom is -0.353 e. The molecule has 18 heavy (non-hydrogen) atoms. The Balaban J connectivity index is 2.36. The Hall–Kier alpha value is -1.85. The van der Waals surface area contributed by atoms with Crippen LogP contribution in [0, 0.1) is 0 Å². The van der Waals surface area contributed by atoms with E-state index in [-0.39, 0.29) is 24.8 Å². The Kier molecular flexibility index (Phi) is 4.47. The molecule has 1 fully saturated rings. The van der Waals surface area contributed by atoms with E-state index in [0.29, 0.717) is 13.0 Å². The van der Waals surface area contributed by atoms with Crippen molar-refractivity contribution in [2.45, 2.75) is 32.2 Å². The summed E-state index contributed by atoms with van der Waals surface area (Å²) < 4.78 is 0. The van der Waals surface area contributed by atoms with Crippen molar-refractivity contribution in [3.8, 4) is 0 Å². The van der Waals surface area contributed by atoms with Crippen molar-refractivity contribution in [1.29, 1.82) is 0 Å². The monoisotopic (exact) mass is 253 g/mol. The van der Waals surface area contributed by atoms with Crippen molar-refractivity contribution in [3.05, 3.63) is 12.7 Å². The fourth-order valence-corrected chi connectivity index (χ4v) is 1.69. The normalized spacial score (nSPS) is 17.6. The summed E-state index contributed by atoms with van der Waals surface area (Å²) in [5.41, 5.74) is -0.845. The zero-order valence-electron chi connectivity index (χ0n) is 10.8. The average molecular weight is 253 g/mol. The van der Waals surface area contributed by atoms with Crippen LogP contribution in [-0.2, 0) is 9.59 Å². The summed E-state index contributed by atoms with van der Waals surface area (Å²) in [6, 6.07) is -0.392. The number of urea groups is 1. The molecule has 100 valence electrons. The number of imide groups is 1. The van der Waals surface area contributed by atoms with E-state index in [1.54, 1.807) is 19.9 Å². The molecule has 0 aromatic carbocycles. The Morgan fingerprint density at radius 1 is 1.50 bits per heavy atom. The maximum Gasteiger partial charge on any atom is 0.325 e. The third-order valence-electron chi connectivity index (χ3n) is 2.67. The van der Waals surface area contributed by atoms with Gasteiger partial charge in [0.2, 0.25) is 5.91 Å². The summed E-state index contributed by atoms with van der Waals surface area (Å²) in [5.74, 6) is -0.361. The Bertz CT molecular complexity index is 377. The van der Waals surface area contributed by atoms with Gasteiger partial charge in [0, 0.05) is 19.5 Å². The van der Waals surface area contributed by atoms with Gasteiger partial charge < -0.3 is 10.6 Å². The van der Waals surface area contributed by atoms with Gasteiger partial charge in [-0.25, -0.2) is 4.79 Å². The first-order chi connectivity index (χ1) is 8.38. The van der Waals surface area contributed by atoms with Crippen molar-refractivity contribution in [2.75, 3.05) is 13.1 Å². The van der Waals surface area contributed by atoms with Crippen LogP contribution in [-0.4, -0.2) is 41.4 Å². The van der Waals surface area contributed by atoms with E-state index in [0.717, 1.165) is 4.90 Å². The molecule has 0 aliphatic carbocycles. The average Bonchev–Trinajstić information content (AvgIpc) is 2.48. The second-order valence-electron chi connectivity index (χ2n) is 4.71. The highest BCUT2D eigenvalue weighted by Gasteiger charge is 2.43. The van der Waals surface area contributed by atoms with Gasteiger partial charge in [0.05, 0.1) is 0 Å². The predicted octanol–water partition coefficient (Wildman–Crippen LogP) is 0.399. The van der Waals surface area contributed by atoms with Gasteiger partial charge >= 0.3 is 6.03 Å². The summed E-state index contributed by atoms with van der Waals surface area (Å²) in [5, 5.41) is 5.22. The number of hydrogen-bond donors (Lipinski definition) is 2. The van der Waals surface area contributed by atoms with Crippen LogP contribution >= 0.6 is 0 Å². The van der Waals surface area contributed by atoms with Crippen LogP contribution in [0.1, 0.15) is 26.7 Å². The van der Waals surface area contributed by atoms with E-state index in [1.807, 2.05) is 0 Å². The molecule has 0 atom stereocenters. The van der Waals surface area contributed by atoms with E-state index >= 15 is 0 Å². The van der Waals surface area contributed by atoms with E-state index in [2.05, 4.69) is 17.2 Å². The second-order valence-corrected chi connectivity index (χ2v) is 4.71. The van der Waals surface area contributed by atoms with Crippen LogP contribution in [0.2, 0.25) is 0 Å². The van der Waals surface area contributed by atoms with Crippen molar-refractivity contribution in [2.24, 2.45) is 0 Å². The quantitative estimate of drug-likeness (QED) is 0.531. The van der Waals surface area contributed by atoms with E-state index in [1.165, 1.54) is 0 Å². The lowest BCUT2D eigenvalue weighted by Gasteiger charge is -2.15. The largest absolute Gasteiger partial charge is 0.353 e. The van der Waals surface area contributed by atoms with Crippen molar-refractivity contribution >= 4 is 17.8 Å². The molecule has 1 saturated heterocycles. The minimum absolute atomic E-state index is 0.110. The Labute approximate surface area is 106 Å². The molecule has 6 nitrogen and oxygen atoms in total. The molecule has 0 unspecified atom stereocenters. The highest BCUT2D eigenvalue weighted by atomic mass is 16.2. The fraction of sp³-hybridized carbons (Fsp3) is 0.583. The molecule has 1 aliphatic heterocycles. The zero-order valence-corrected chi connectivity index (χ0v) is 10.8. The lowest BCUT2D eigenvalue weighted by Crippen LogP contribution is -2.40. The molecule has 4 amide bonds. The smallest absolute Gasteiger partial charge is 0.325 e. The maximum absolute atomic E-state index is 11.8. The van der Waals surface area contributed by atoms with Crippen LogP contribution in [0.3, 0.4) is 0 Å². The molecule has 6 heteroatoms. The van der Waals surface area contributed by atoms with Crippen LogP contribution in [0.4, 0.5) is 4.79 Å². The van der Waals surface area contributed by atoms with Gasteiger partial charge in [-0.15, -0.1) is 6.58 Å². The molecule has 0 aromatic heterocycles. The molecular weight excluding hydrogens is 234 g/mol. The lowest BCUT2D eigenvalue weighted by atomic mass is 10.1. The van der Waals surface area contributed by atoms with Gasteiger partial charge in [-0.1, -0.05) is 6.08 Å². The summed E-state index contributed by atoms with van der Waals surface area (Å²) >= 11 is 0. The lowest BCUT2D eigenvalue weighted by molar-refractivity contribution is -0.130. The molecule has 1 heterocycles.